The van der Waals surface area contributed by atoms with Crippen molar-refractivity contribution in [3.8, 4) is 0 Å². The summed E-state index contributed by atoms with van der Waals surface area (Å²) in [4.78, 5) is 0. The van der Waals surface area contributed by atoms with Gasteiger partial charge < -0.3 is 45.4 Å². The van der Waals surface area contributed by atoms with Crippen molar-refractivity contribution in [2.45, 2.75) is 32.7 Å². The van der Waals surface area contributed by atoms with Gasteiger partial charge in [-0.05, 0) is 11.0 Å². The van der Waals surface area contributed by atoms with Gasteiger partial charge in [0, 0.05) is 0 Å². The molecule has 0 atom stereocenters. The maximum Gasteiger partial charge on any atom is 2.00 e. The van der Waals surface area contributed by atoms with Gasteiger partial charge in [0.05, 0.1) is 0 Å². The first-order valence-corrected chi connectivity index (χ1v) is 5.54. The fraction of sp³-hybridized carbons (Fsp3) is 0.294. The van der Waals surface area contributed by atoms with Crippen LogP contribution in [0.15, 0.2) is 42.5 Å². The van der Waals surface area contributed by atoms with Crippen molar-refractivity contribution in [3.05, 3.63) is 74.7 Å². The molecule has 0 unspecified atom stereocenters. The molecule has 0 aromatic heterocycles. The van der Waals surface area contributed by atoms with Crippen molar-refractivity contribution >= 4 is 16.5 Å². The van der Waals surface area contributed by atoms with E-state index in [0.717, 1.165) is 6.42 Å². The zero-order valence-corrected chi connectivity index (χ0v) is 16.6. The Balaban J connectivity index is -0.0000000530. The third-order valence-electron chi connectivity index (χ3n) is 1.80. The maximum absolute atomic E-state index is 6.94. The van der Waals surface area contributed by atoms with Crippen molar-refractivity contribution in [1.82, 2.24) is 0 Å². The fourth-order valence-corrected chi connectivity index (χ4v) is 1.23. The van der Waals surface area contributed by atoms with E-state index >= 15 is 0 Å². The van der Waals surface area contributed by atoms with Gasteiger partial charge in [-0.15, -0.1) is 17.5 Å². The number of halogens is 2. The third-order valence-corrected chi connectivity index (χ3v) is 1.80. The second-order valence-corrected chi connectivity index (χ2v) is 4.83. The predicted molar refractivity (Wildman–Crippen MR) is 95.1 cm³/mol. The number of benzene rings is 1. The normalized spacial score (nSPS) is 10.3. The molecule has 0 saturated carbocycles. The minimum Gasteiger partial charge on any atom is -1.00 e. The molecule has 0 bridgehead atoms. The van der Waals surface area contributed by atoms with Crippen LogP contribution in [-0.4, -0.2) is 16.5 Å². The molecule has 0 radical (unpaired) electrons. The molecular formula is C17H29Cl2NSiTi-4. The molecule has 1 aromatic rings. The largest absolute Gasteiger partial charge is 2.00 e. The van der Waals surface area contributed by atoms with Crippen LogP contribution in [0.4, 0.5) is 0 Å². The molecule has 0 amide bonds. The summed E-state index contributed by atoms with van der Waals surface area (Å²) in [6.07, 6.45) is 8.36. The van der Waals surface area contributed by atoms with E-state index in [1.807, 2.05) is 26.8 Å². The minimum absolute atomic E-state index is 0. The summed E-state index contributed by atoms with van der Waals surface area (Å²) in [6.45, 7) is 5.56. The molecular weight excluding hydrogens is 365 g/mol. The van der Waals surface area contributed by atoms with E-state index < -0.39 is 0 Å². The number of rotatable bonds is 1. The van der Waals surface area contributed by atoms with E-state index in [9.17, 15) is 0 Å². The van der Waals surface area contributed by atoms with Crippen molar-refractivity contribution in [3.63, 3.8) is 0 Å². The Hall–Kier alpha value is 0.171. The van der Waals surface area contributed by atoms with Gasteiger partial charge >= 0.3 is 21.7 Å². The van der Waals surface area contributed by atoms with Gasteiger partial charge in [-0.2, -0.15) is 11.6 Å². The Bertz CT molecular complexity index is 381. The van der Waals surface area contributed by atoms with Crippen LogP contribution in [0.2, 0.25) is 0 Å². The summed E-state index contributed by atoms with van der Waals surface area (Å²) in [7, 11) is 0. The summed E-state index contributed by atoms with van der Waals surface area (Å²) in [6, 6.07) is 10.4. The third kappa shape index (κ3) is 20.2. The van der Waals surface area contributed by atoms with Crippen LogP contribution in [-0.2, 0) is 21.7 Å². The molecule has 0 heterocycles. The van der Waals surface area contributed by atoms with Crippen LogP contribution >= 0.6 is 0 Å². The van der Waals surface area contributed by atoms with E-state index in [2.05, 4.69) is 42.5 Å². The summed E-state index contributed by atoms with van der Waals surface area (Å²) in [5, 5.41) is 0. The van der Waals surface area contributed by atoms with Crippen molar-refractivity contribution in [1.29, 1.82) is 0 Å². The summed E-state index contributed by atoms with van der Waals surface area (Å²) < 4.78 is 0. The van der Waals surface area contributed by atoms with Gasteiger partial charge in [-0.1, -0.05) is 51.1 Å². The average molecular weight is 394 g/mol. The van der Waals surface area contributed by atoms with Crippen molar-refractivity contribution < 1.29 is 46.5 Å². The van der Waals surface area contributed by atoms with E-state index in [-0.39, 0.29) is 77.9 Å². The second kappa shape index (κ2) is 19.2. The summed E-state index contributed by atoms with van der Waals surface area (Å²) in [5.41, 5.74) is 9.27. The zero-order valence-electron chi connectivity index (χ0n) is 13.5. The fourth-order valence-electron chi connectivity index (χ4n) is 1.23. The molecule has 22 heavy (non-hydrogen) atoms. The Morgan fingerprint density at radius 2 is 1.41 bits per heavy atom. The quantitative estimate of drug-likeness (QED) is 0.394. The Morgan fingerprint density at radius 1 is 1.00 bits per heavy atom. The van der Waals surface area contributed by atoms with E-state index in [0.29, 0.717) is 0 Å². The maximum atomic E-state index is 6.94. The average Bonchev–Trinajstić information content (AvgIpc) is 2.69. The zero-order chi connectivity index (χ0) is 12.0. The molecule has 2 rings (SSSR count). The van der Waals surface area contributed by atoms with Crippen LogP contribution in [0.5, 0.6) is 0 Å². The monoisotopic (exact) mass is 393 g/mol. The van der Waals surface area contributed by atoms with E-state index in [4.69, 9.17) is 5.73 Å². The topological polar surface area (TPSA) is 23.8 Å². The standard InChI is InChI=1S/C11H9.C4H10N.2CH3.2ClH.H4Si.Ti/c1-2-6-10(7-3-1)11-8-4-5-9-11;1-4(2,3)5;;;;;;/h1-3,6-9H,4H2;5H,1-3H3;2*1H3;2*1H;1H4;/q4*-1;;;;+2/p-2. The van der Waals surface area contributed by atoms with Gasteiger partial charge in [0.25, 0.3) is 0 Å². The van der Waals surface area contributed by atoms with Crippen LogP contribution in [0.25, 0.3) is 11.3 Å². The smallest absolute Gasteiger partial charge is 1.00 e. The molecule has 1 nitrogen and oxygen atoms in total. The van der Waals surface area contributed by atoms with E-state index in [1.54, 1.807) is 0 Å². The molecule has 5 heteroatoms. The van der Waals surface area contributed by atoms with Gasteiger partial charge in [0.2, 0.25) is 0 Å². The molecule has 128 valence electrons. The van der Waals surface area contributed by atoms with Gasteiger partial charge in [0.15, 0.2) is 0 Å². The summed E-state index contributed by atoms with van der Waals surface area (Å²) >= 11 is 0. The molecule has 1 N–H and O–H groups in total. The molecule has 0 saturated heterocycles. The van der Waals surface area contributed by atoms with Crippen LogP contribution in [0, 0.1) is 20.9 Å². The molecule has 0 fully saturated rings. The van der Waals surface area contributed by atoms with Crippen molar-refractivity contribution in [2.24, 2.45) is 0 Å². The summed E-state index contributed by atoms with van der Waals surface area (Å²) in [5.74, 6) is 0. The van der Waals surface area contributed by atoms with Crippen LogP contribution < -0.4 is 24.8 Å². The number of hydrogen-bond donors (Lipinski definition) is 0. The van der Waals surface area contributed by atoms with Gasteiger partial charge in [0.1, 0.15) is 0 Å². The number of nitrogens with one attached hydrogen (secondary N) is 1. The molecule has 0 aliphatic heterocycles. The Morgan fingerprint density at radius 3 is 1.73 bits per heavy atom. The first-order chi connectivity index (χ1) is 7.47. The SMILES string of the molecule is CC(C)(C)[NH-].[C-]1=CC(c2ccccc2)=CC1.[CH3-].[CH3-].[Cl-].[Cl-].[SiH4].[Ti+2]. The molecule has 1 aliphatic carbocycles. The number of allylic oxidation sites excluding steroid dienone is 4. The number of hydrogen-bond acceptors (Lipinski definition) is 0. The second-order valence-electron chi connectivity index (χ2n) is 4.83. The van der Waals surface area contributed by atoms with Crippen molar-refractivity contribution in [2.75, 3.05) is 0 Å². The first kappa shape index (κ1) is 38.0. The molecule has 0 spiro atoms. The molecule has 1 aromatic carbocycles. The van der Waals surface area contributed by atoms with Gasteiger partial charge in [-0.3, -0.25) is 6.08 Å². The van der Waals surface area contributed by atoms with Crippen LogP contribution in [0.3, 0.4) is 0 Å². The predicted octanol–water partition coefficient (Wildman–Crippen LogP) is -1.88. The molecule has 1 aliphatic rings. The Kier molecular flexibility index (Phi) is 33.2. The minimum atomic E-state index is -0.250. The van der Waals surface area contributed by atoms with E-state index in [1.165, 1.54) is 11.1 Å². The Labute approximate surface area is 170 Å². The van der Waals surface area contributed by atoms with Crippen LogP contribution in [0.1, 0.15) is 32.8 Å². The van der Waals surface area contributed by atoms with Gasteiger partial charge in [-0.25, -0.2) is 6.08 Å². The first-order valence-electron chi connectivity index (χ1n) is 5.54.